The van der Waals surface area contributed by atoms with Gasteiger partial charge in [0.25, 0.3) is 0 Å². The molecule has 154 valence electrons. The summed E-state index contributed by atoms with van der Waals surface area (Å²) in [6.07, 6.45) is -2.78. The van der Waals surface area contributed by atoms with Gasteiger partial charge in [-0.05, 0) is 19.8 Å². The number of hydrogen-bond donors (Lipinski definition) is 3. The van der Waals surface area contributed by atoms with Crippen molar-refractivity contribution in [2.45, 2.75) is 38.5 Å². The molecule has 2 heterocycles. The lowest BCUT2D eigenvalue weighted by Gasteiger charge is -2.32. The lowest BCUT2D eigenvalue weighted by atomic mass is 10.1. The molecule has 1 aromatic heterocycles. The van der Waals surface area contributed by atoms with Gasteiger partial charge in [-0.15, -0.1) is 35.3 Å². The lowest BCUT2D eigenvalue weighted by molar-refractivity contribution is -0.140. The Kier molecular flexibility index (Phi) is 9.73. The van der Waals surface area contributed by atoms with Crippen LogP contribution in [0.5, 0.6) is 0 Å². The van der Waals surface area contributed by atoms with Crippen LogP contribution >= 0.6 is 35.3 Å². The first-order valence-electron chi connectivity index (χ1n) is 8.35. The van der Waals surface area contributed by atoms with Crippen molar-refractivity contribution in [2.75, 3.05) is 26.2 Å². The predicted molar refractivity (Wildman–Crippen MR) is 109 cm³/mol. The number of likely N-dealkylation sites (tertiary alicyclic amines) is 1. The number of hydrogen-bond acceptors (Lipinski definition) is 5. The van der Waals surface area contributed by atoms with E-state index in [1.54, 1.807) is 0 Å². The van der Waals surface area contributed by atoms with Crippen LogP contribution in [0.4, 0.5) is 13.2 Å². The normalized spacial score (nSPS) is 16.7. The zero-order chi connectivity index (χ0) is 19.2. The van der Waals surface area contributed by atoms with Gasteiger partial charge in [0.15, 0.2) is 11.7 Å². The number of aromatic nitrogens is 1. The smallest absolute Gasteiger partial charge is 0.369 e. The maximum atomic E-state index is 12.6. The van der Waals surface area contributed by atoms with Gasteiger partial charge in [0.1, 0.15) is 5.01 Å². The summed E-state index contributed by atoms with van der Waals surface area (Å²) in [4.78, 5) is 20.9. The Bertz CT molecular complexity index is 631. The summed E-state index contributed by atoms with van der Waals surface area (Å²) in [6, 6.07) is 0.180. The van der Waals surface area contributed by atoms with Crippen molar-refractivity contribution in [1.29, 1.82) is 0 Å². The fourth-order valence-corrected chi connectivity index (χ4v) is 3.35. The van der Waals surface area contributed by atoms with Gasteiger partial charge >= 0.3 is 6.18 Å². The third kappa shape index (κ3) is 8.17. The Morgan fingerprint density at radius 3 is 2.63 bits per heavy atom. The Hall–Kier alpha value is -1.15. The monoisotopic (exact) mass is 520 g/mol. The van der Waals surface area contributed by atoms with Crippen LogP contribution in [0.2, 0.25) is 0 Å². The molecule has 0 radical (unpaired) electrons. The van der Waals surface area contributed by atoms with Gasteiger partial charge < -0.3 is 16.4 Å². The van der Waals surface area contributed by atoms with Crippen molar-refractivity contribution in [3.05, 3.63) is 16.1 Å². The molecule has 0 spiro atoms. The number of guanidine groups is 1. The average Bonchev–Trinajstić information content (AvgIpc) is 3.03. The molecule has 0 aromatic carbocycles. The minimum absolute atomic E-state index is 0. The van der Waals surface area contributed by atoms with Crippen molar-refractivity contribution < 1.29 is 18.0 Å². The van der Waals surface area contributed by atoms with Crippen molar-refractivity contribution >= 4 is 47.2 Å². The maximum Gasteiger partial charge on any atom is 0.434 e. The lowest BCUT2D eigenvalue weighted by Crippen LogP contribution is -2.49. The standard InChI is InChI=1S/C15H23F3N6OS.HI/c1-2-20-14(21-7-13-23-11(9-26-13)15(16,17)18)22-10-3-5-24(6-4-10)8-12(19)25;/h9-10H,2-8H2,1H3,(H2,19,25)(H2,20,21,22);1H. The molecule has 1 aliphatic heterocycles. The highest BCUT2D eigenvalue weighted by molar-refractivity contribution is 14.0. The number of thiazole rings is 1. The third-order valence-electron chi connectivity index (χ3n) is 3.87. The van der Waals surface area contributed by atoms with Gasteiger partial charge in [-0.3, -0.25) is 9.69 Å². The number of carbonyl (C=O) groups is 1. The van der Waals surface area contributed by atoms with E-state index in [1.807, 2.05) is 11.8 Å². The van der Waals surface area contributed by atoms with Crippen molar-refractivity contribution in [3.8, 4) is 0 Å². The van der Waals surface area contributed by atoms with E-state index < -0.39 is 11.9 Å². The number of halogens is 4. The number of rotatable bonds is 6. The zero-order valence-corrected chi connectivity index (χ0v) is 18.0. The van der Waals surface area contributed by atoms with Crippen LogP contribution in [-0.2, 0) is 17.5 Å². The second-order valence-electron chi connectivity index (χ2n) is 5.98. The van der Waals surface area contributed by atoms with Crippen LogP contribution in [0.1, 0.15) is 30.5 Å². The van der Waals surface area contributed by atoms with Crippen LogP contribution in [-0.4, -0.2) is 54.0 Å². The summed E-state index contributed by atoms with van der Waals surface area (Å²) in [5.41, 5.74) is 4.32. The summed E-state index contributed by atoms with van der Waals surface area (Å²) >= 11 is 0.944. The largest absolute Gasteiger partial charge is 0.434 e. The van der Waals surface area contributed by atoms with E-state index in [2.05, 4.69) is 20.6 Å². The first kappa shape index (κ1) is 23.9. The Labute approximate surface area is 177 Å². The number of nitrogens with one attached hydrogen (secondary N) is 2. The average molecular weight is 520 g/mol. The number of primary amides is 1. The van der Waals surface area contributed by atoms with Crippen LogP contribution in [0.15, 0.2) is 10.4 Å². The number of amides is 1. The molecule has 0 aliphatic carbocycles. The fourth-order valence-electron chi connectivity index (χ4n) is 2.63. The molecule has 0 atom stereocenters. The summed E-state index contributed by atoms with van der Waals surface area (Å²) in [5.74, 6) is 0.206. The number of carbonyl (C=O) groups excluding carboxylic acids is 1. The van der Waals surface area contributed by atoms with Gasteiger partial charge in [-0.1, -0.05) is 0 Å². The summed E-state index contributed by atoms with van der Waals surface area (Å²) in [7, 11) is 0. The number of aliphatic imine (C=N–C) groups is 1. The van der Waals surface area contributed by atoms with E-state index in [9.17, 15) is 18.0 Å². The topological polar surface area (TPSA) is 95.6 Å². The molecule has 4 N–H and O–H groups in total. The molecule has 1 fully saturated rings. The molecule has 0 bridgehead atoms. The van der Waals surface area contributed by atoms with E-state index >= 15 is 0 Å². The third-order valence-corrected chi connectivity index (χ3v) is 4.70. The number of nitrogens with zero attached hydrogens (tertiary/aromatic N) is 3. The van der Waals surface area contributed by atoms with E-state index in [0.717, 1.165) is 42.6 Å². The highest BCUT2D eigenvalue weighted by Gasteiger charge is 2.33. The SMILES string of the molecule is CCNC(=NCc1nc(C(F)(F)F)cs1)NC1CCN(CC(N)=O)CC1.I. The van der Waals surface area contributed by atoms with Crippen LogP contribution in [0, 0.1) is 0 Å². The van der Waals surface area contributed by atoms with Crippen LogP contribution in [0.3, 0.4) is 0 Å². The molecule has 1 amide bonds. The molecule has 27 heavy (non-hydrogen) atoms. The molecule has 1 aromatic rings. The van der Waals surface area contributed by atoms with Gasteiger partial charge in [-0.2, -0.15) is 13.2 Å². The second-order valence-corrected chi connectivity index (χ2v) is 6.92. The summed E-state index contributed by atoms with van der Waals surface area (Å²) in [6.45, 7) is 4.39. The minimum atomic E-state index is -4.43. The molecule has 7 nitrogen and oxygen atoms in total. The first-order chi connectivity index (χ1) is 12.3. The van der Waals surface area contributed by atoms with Gasteiger partial charge in [-0.25, -0.2) is 9.98 Å². The zero-order valence-electron chi connectivity index (χ0n) is 14.9. The molecule has 1 aliphatic rings. The van der Waals surface area contributed by atoms with Crippen molar-refractivity contribution in [1.82, 2.24) is 20.5 Å². The van der Waals surface area contributed by atoms with Crippen molar-refractivity contribution in [3.63, 3.8) is 0 Å². The number of nitrogens with two attached hydrogens (primary N) is 1. The molecular weight excluding hydrogens is 496 g/mol. The Morgan fingerprint density at radius 1 is 1.44 bits per heavy atom. The predicted octanol–water partition coefficient (Wildman–Crippen LogP) is 1.78. The fraction of sp³-hybridized carbons (Fsp3) is 0.667. The van der Waals surface area contributed by atoms with Gasteiger partial charge in [0.2, 0.25) is 5.91 Å². The van der Waals surface area contributed by atoms with Gasteiger partial charge in [0.05, 0.1) is 13.1 Å². The molecule has 12 heteroatoms. The summed E-state index contributed by atoms with van der Waals surface area (Å²) < 4.78 is 37.8. The number of piperidine rings is 1. The highest BCUT2D eigenvalue weighted by atomic mass is 127. The maximum absolute atomic E-state index is 12.6. The van der Waals surface area contributed by atoms with Crippen LogP contribution < -0.4 is 16.4 Å². The molecule has 0 saturated carbocycles. The Balaban J connectivity index is 0.00000364. The molecular formula is C15H24F3IN6OS. The van der Waals surface area contributed by atoms with E-state index in [1.165, 1.54) is 0 Å². The second kappa shape index (κ2) is 11.0. The molecule has 2 rings (SSSR count). The van der Waals surface area contributed by atoms with E-state index in [-0.39, 0.29) is 49.0 Å². The first-order valence-corrected chi connectivity index (χ1v) is 9.23. The Morgan fingerprint density at radius 2 is 2.11 bits per heavy atom. The van der Waals surface area contributed by atoms with Crippen molar-refractivity contribution in [2.24, 2.45) is 10.7 Å². The minimum Gasteiger partial charge on any atom is -0.369 e. The van der Waals surface area contributed by atoms with E-state index in [4.69, 9.17) is 5.73 Å². The molecule has 0 unspecified atom stereocenters. The summed E-state index contributed by atoms with van der Waals surface area (Å²) in [5, 5.41) is 7.69. The quantitative estimate of drug-likeness (QED) is 0.302. The number of alkyl halides is 3. The van der Waals surface area contributed by atoms with Crippen LogP contribution in [0.25, 0.3) is 0 Å². The van der Waals surface area contributed by atoms with E-state index in [0.29, 0.717) is 17.5 Å². The highest BCUT2D eigenvalue weighted by Crippen LogP contribution is 2.30. The van der Waals surface area contributed by atoms with Gasteiger partial charge in [0, 0.05) is 31.1 Å². The molecule has 1 saturated heterocycles.